The van der Waals surface area contributed by atoms with Crippen LogP contribution in [0.15, 0.2) is 164 Å². The fourth-order valence-electron chi connectivity index (χ4n) is 7.35. The molecule has 1 nitrogen and oxygen atoms in total. The maximum absolute atomic E-state index is 2.46. The van der Waals surface area contributed by atoms with Gasteiger partial charge < -0.3 is 4.57 Å². The lowest BCUT2D eigenvalue weighted by atomic mass is 9.92. The molecule has 10 aromatic rings. The molecule has 0 aliphatic rings. The summed E-state index contributed by atoms with van der Waals surface area (Å²) >= 11 is 3.80. The van der Waals surface area contributed by atoms with E-state index in [1.807, 2.05) is 22.7 Å². The van der Waals surface area contributed by atoms with Gasteiger partial charge in [-0.05, 0) is 64.2 Å². The van der Waals surface area contributed by atoms with Gasteiger partial charge in [-0.3, -0.25) is 0 Å². The smallest absolute Gasteiger partial charge is 0.0734 e. The Bertz CT molecular complexity index is 2780. The first-order chi connectivity index (χ1) is 23.3. The molecule has 0 aliphatic carbocycles. The van der Waals surface area contributed by atoms with Crippen molar-refractivity contribution in [1.29, 1.82) is 0 Å². The van der Waals surface area contributed by atoms with Crippen LogP contribution in [0, 0.1) is 0 Å². The Labute approximate surface area is 280 Å². The number of rotatable bonds is 4. The van der Waals surface area contributed by atoms with Crippen LogP contribution in [0.25, 0.3) is 90.4 Å². The minimum Gasteiger partial charge on any atom is -0.308 e. The molecule has 220 valence electrons. The molecule has 3 aromatic heterocycles. The highest BCUT2D eigenvalue weighted by Gasteiger charge is 2.22. The number of aromatic nitrogens is 1. The van der Waals surface area contributed by atoms with Crippen LogP contribution in [0.2, 0.25) is 0 Å². The predicted octanol–water partition coefficient (Wildman–Crippen LogP) is 13.4. The Hall–Kier alpha value is -5.48. The van der Waals surface area contributed by atoms with E-state index in [-0.39, 0.29) is 0 Å². The Morgan fingerprint density at radius 1 is 0.383 bits per heavy atom. The summed E-state index contributed by atoms with van der Waals surface area (Å²) in [6, 6.07) is 59.9. The highest BCUT2D eigenvalue weighted by molar-refractivity contribution is 7.27. The molecule has 0 bridgehead atoms. The van der Waals surface area contributed by atoms with Crippen molar-refractivity contribution in [2.24, 2.45) is 0 Å². The molecule has 10 rings (SSSR count). The van der Waals surface area contributed by atoms with Crippen LogP contribution >= 0.6 is 22.7 Å². The van der Waals surface area contributed by atoms with Crippen molar-refractivity contribution in [3.05, 3.63) is 164 Å². The summed E-state index contributed by atoms with van der Waals surface area (Å²) in [6.45, 7) is 0. The van der Waals surface area contributed by atoms with Gasteiger partial charge in [0.25, 0.3) is 0 Å². The first kappa shape index (κ1) is 26.7. The average Bonchev–Trinajstić information content (AvgIpc) is 3.81. The molecular formula is C44H27NS2. The van der Waals surface area contributed by atoms with E-state index in [0.717, 1.165) is 0 Å². The van der Waals surface area contributed by atoms with Gasteiger partial charge in [-0.2, -0.15) is 0 Å². The highest BCUT2D eigenvalue weighted by Crippen LogP contribution is 2.49. The number of thiophene rings is 2. The lowest BCUT2D eigenvalue weighted by Crippen LogP contribution is -1.94. The molecule has 0 fully saturated rings. The normalized spacial score (nSPS) is 11.8. The number of fused-ring (bicyclic) bond motifs is 8. The molecule has 0 aliphatic heterocycles. The monoisotopic (exact) mass is 633 g/mol. The zero-order valence-corrected chi connectivity index (χ0v) is 27.0. The summed E-state index contributed by atoms with van der Waals surface area (Å²) < 4.78 is 7.77. The second kappa shape index (κ2) is 10.5. The third-order valence-electron chi connectivity index (χ3n) is 9.43. The van der Waals surface area contributed by atoms with Gasteiger partial charge in [-0.1, -0.05) is 127 Å². The van der Waals surface area contributed by atoms with Crippen molar-refractivity contribution in [1.82, 2.24) is 4.57 Å². The van der Waals surface area contributed by atoms with Crippen LogP contribution in [0.1, 0.15) is 0 Å². The summed E-state index contributed by atoms with van der Waals surface area (Å²) in [6.07, 6.45) is 0. The Morgan fingerprint density at radius 3 is 1.87 bits per heavy atom. The molecule has 47 heavy (non-hydrogen) atoms. The average molecular weight is 634 g/mol. The van der Waals surface area contributed by atoms with Crippen molar-refractivity contribution in [3.63, 3.8) is 0 Å². The fraction of sp³-hybridized carbons (Fsp3) is 0. The van der Waals surface area contributed by atoms with Gasteiger partial charge in [-0.25, -0.2) is 0 Å². The van der Waals surface area contributed by atoms with E-state index in [0.29, 0.717) is 0 Å². The zero-order valence-electron chi connectivity index (χ0n) is 25.4. The fourth-order valence-corrected chi connectivity index (χ4v) is 9.81. The van der Waals surface area contributed by atoms with Gasteiger partial charge in [0.15, 0.2) is 0 Å². The molecular weight excluding hydrogens is 607 g/mol. The molecule has 0 N–H and O–H groups in total. The number of nitrogens with zero attached hydrogens (tertiary/aromatic N) is 1. The van der Waals surface area contributed by atoms with Crippen LogP contribution in [0.5, 0.6) is 0 Å². The third kappa shape index (κ3) is 4.07. The van der Waals surface area contributed by atoms with E-state index < -0.39 is 0 Å². The van der Waals surface area contributed by atoms with Crippen molar-refractivity contribution >= 4 is 74.1 Å². The van der Waals surface area contributed by atoms with E-state index in [9.17, 15) is 0 Å². The Morgan fingerprint density at radius 2 is 1.02 bits per heavy atom. The minimum absolute atomic E-state index is 1.19. The summed E-state index contributed by atoms with van der Waals surface area (Å²) in [5.74, 6) is 0. The topological polar surface area (TPSA) is 4.93 Å². The molecule has 0 unspecified atom stereocenters. The SMILES string of the molecule is c1ccc(-c2ccc3sc4c(-c5ccccc5-c5cccc6sc7c8ccccc8n(-c8ccccc8)c7c56)cccc4c3c2)cc1. The van der Waals surface area contributed by atoms with Crippen molar-refractivity contribution in [2.45, 2.75) is 0 Å². The van der Waals surface area contributed by atoms with E-state index in [1.165, 1.54) is 90.4 Å². The predicted molar refractivity (Wildman–Crippen MR) is 205 cm³/mol. The molecule has 0 saturated heterocycles. The lowest BCUT2D eigenvalue weighted by Gasteiger charge is -2.14. The van der Waals surface area contributed by atoms with Gasteiger partial charge in [-0.15, -0.1) is 22.7 Å². The van der Waals surface area contributed by atoms with Crippen LogP contribution < -0.4 is 0 Å². The highest BCUT2D eigenvalue weighted by atomic mass is 32.1. The van der Waals surface area contributed by atoms with Gasteiger partial charge in [0.2, 0.25) is 0 Å². The summed E-state index contributed by atoms with van der Waals surface area (Å²) in [4.78, 5) is 0. The number of benzene rings is 7. The van der Waals surface area contributed by atoms with Gasteiger partial charge in [0.05, 0.1) is 15.7 Å². The second-order valence-electron chi connectivity index (χ2n) is 12.1. The molecule has 0 spiro atoms. The van der Waals surface area contributed by atoms with Gasteiger partial charge in [0, 0.05) is 46.9 Å². The molecule has 0 radical (unpaired) electrons. The first-order valence-corrected chi connectivity index (χ1v) is 17.6. The van der Waals surface area contributed by atoms with Crippen molar-refractivity contribution in [2.75, 3.05) is 0 Å². The van der Waals surface area contributed by atoms with E-state index in [2.05, 4.69) is 168 Å². The third-order valence-corrected chi connectivity index (χ3v) is 11.8. The van der Waals surface area contributed by atoms with E-state index in [4.69, 9.17) is 0 Å². The zero-order chi connectivity index (χ0) is 30.9. The molecule has 0 saturated carbocycles. The van der Waals surface area contributed by atoms with Crippen LogP contribution in [-0.2, 0) is 0 Å². The molecule has 0 atom stereocenters. The Balaban J connectivity index is 1.24. The second-order valence-corrected chi connectivity index (χ2v) is 14.2. The number of hydrogen-bond donors (Lipinski definition) is 0. The number of hydrogen-bond acceptors (Lipinski definition) is 2. The summed E-state index contributed by atoms with van der Waals surface area (Å²) in [5.41, 5.74) is 11.3. The molecule has 7 aromatic carbocycles. The molecule has 0 amide bonds. The van der Waals surface area contributed by atoms with Crippen LogP contribution in [-0.4, -0.2) is 4.57 Å². The van der Waals surface area contributed by atoms with Gasteiger partial charge in [0.1, 0.15) is 0 Å². The molecule has 3 heterocycles. The van der Waals surface area contributed by atoms with Gasteiger partial charge >= 0.3 is 0 Å². The summed E-state index contributed by atoms with van der Waals surface area (Å²) in [5, 5.41) is 5.25. The van der Waals surface area contributed by atoms with E-state index >= 15 is 0 Å². The first-order valence-electron chi connectivity index (χ1n) is 15.9. The van der Waals surface area contributed by atoms with Crippen molar-refractivity contribution in [3.8, 4) is 39.1 Å². The number of para-hydroxylation sites is 2. The Kier molecular flexibility index (Phi) is 5.98. The van der Waals surface area contributed by atoms with Crippen LogP contribution in [0.3, 0.4) is 0 Å². The lowest BCUT2D eigenvalue weighted by molar-refractivity contribution is 1.19. The maximum atomic E-state index is 2.46. The van der Waals surface area contributed by atoms with Crippen molar-refractivity contribution < 1.29 is 0 Å². The standard InChI is InChI=1S/C44H27NS2/c1-3-13-28(14-4-1)29-25-26-39-37(27-29)35-22-11-21-34(43(35)46-39)32-18-8-7-17-31(32)33-20-12-24-40-41(33)42-44(47-40)36-19-9-10-23-38(36)45(42)30-15-5-2-6-16-30/h1-27H. The minimum atomic E-state index is 1.19. The van der Waals surface area contributed by atoms with E-state index in [1.54, 1.807) is 0 Å². The summed E-state index contributed by atoms with van der Waals surface area (Å²) in [7, 11) is 0. The van der Waals surface area contributed by atoms with Crippen LogP contribution in [0.4, 0.5) is 0 Å². The maximum Gasteiger partial charge on any atom is 0.0734 e. The molecule has 3 heteroatoms. The largest absolute Gasteiger partial charge is 0.308 e. The quantitative estimate of drug-likeness (QED) is 0.182.